The lowest BCUT2D eigenvalue weighted by molar-refractivity contribution is -0.143. The van der Waals surface area contributed by atoms with Crippen molar-refractivity contribution in [2.45, 2.75) is 154 Å². The molecular formula is C54H84N14O16. The number of rotatable bonds is 36. The van der Waals surface area contributed by atoms with Crippen molar-refractivity contribution >= 4 is 71.2 Å². The van der Waals surface area contributed by atoms with Crippen molar-refractivity contribution in [2.24, 2.45) is 45.7 Å². The zero-order valence-electron chi connectivity index (χ0n) is 48.2. The van der Waals surface area contributed by atoms with Crippen LogP contribution in [-0.4, -0.2) is 172 Å². The zero-order chi connectivity index (χ0) is 63.4. The van der Waals surface area contributed by atoms with E-state index in [1.54, 1.807) is 102 Å². The minimum atomic E-state index is -1.80. The Hall–Kier alpha value is -8.48. The van der Waals surface area contributed by atoms with Gasteiger partial charge in [-0.3, -0.25) is 48.1 Å². The quantitative estimate of drug-likeness (QED) is 0.0176. The highest BCUT2D eigenvalue weighted by molar-refractivity contribution is 5.98. The number of aliphatic carboxylic acids is 1. The van der Waals surface area contributed by atoms with Crippen molar-refractivity contribution in [1.29, 1.82) is 0 Å². The number of carbonyl (C=O) groups excluding carboxylic acids is 10. The van der Waals surface area contributed by atoms with Gasteiger partial charge in [0.15, 0.2) is 5.96 Å². The Bertz CT molecular complexity index is 2560. The van der Waals surface area contributed by atoms with Crippen molar-refractivity contribution in [2.75, 3.05) is 19.7 Å². The van der Waals surface area contributed by atoms with E-state index in [1.165, 1.54) is 0 Å². The fraction of sp³-hybridized carbons (Fsp3) is 0.556. The average molecular weight is 1190 g/mol. The molecule has 21 N–H and O–H groups in total. The number of amides is 10. The van der Waals surface area contributed by atoms with Crippen LogP contribution >= 0.6 is 0 Å². The van der Waals surface area contributed by atoms with Gasteiger partial charge in [0.2, 0.25) is 53.2 Å². The number of hydrogen-bond donors (Lipinski definition) is 17. The average Bonchev–Trinajstić information content (AvgIpc) is 3.23. The molecule has 84 heavy (non-hydrogen) atoms. The first-order chi connectivity index (χ1) is 39.5. The van der Waals surface area contributed by atoms with Crippen LogP contribution in [0.5, 0.6) is 0 Å². The summed E-state index contributed by atoms with van der Waals surface area (Å²) in [6, 6.07) is 2.69. The summed E-state index contributed by atoms with van der Waals surface area (Å²) >= 11 is 0. The number of aliphatic hydroxyl groups excluding tert-OH is 3. The van der Waals surface area contributed by atoms with Gasteiger partial charge in [0.1, 0.15) is 54.9 Å². The Labute approximate surface area is 486 Å². The molecule has 0 heterocycles. The number of aliphatic imine (C=N–C) groups is 1. The molecule has 0 saturated carbocycles. The largest absolute Gasteiger partial charge is 0.480 e. The van der Waals surface area contributed by atoms with Crippen molar-refractivity contribution < 1.29 is 77.9 Å². The monoisotopic (exact) mass is 1180 g/mol. The molecular weight excluding hydrogens is 1100 g/mol. The predicted octanol–water partition coefficient (Wildman–Crippen LogP) is -4.01. The van der Waals surface area contributed by atoms with Crippen molar-refractivity contribution in [3.63, 3.8) is 0 Å². The van der Waals surface area contributed by atoms with Gasteiger partial charge < -0.3 is 95.9 Å². The van der Waals surface area contributed by atoms with Gasteiger partial charge in [-0.2, -0.15) is 0 Å². The highest BCUT2D eigenvalue weighted by Gasteiger charge is 2.39. The second-order valence-corrected chi connectivity index (χ2v) is 20.7. The fourth-order valence-electron chi connectivity index (χ4n) is 8.02. The minimum Gasteiger partial charge on any atom is -0.480 e. The number of ether oxygens (including phenoxy) is 1. The molecule has 10 amide bonds. The molecule has 0 bridgehead atoms. The molecule has 30 nitrogen and oxygen atoms in total. The lowest BCUT2D eigenvalue weighted by atomic mass is 9.95. The molecule has 0 unspecified atom stereocenters. The molecule has 2 aromatic carbocycles. The summed E-state index contributed by atoms with van der Waals surface area (Å²) in [5.74, 6) is -13.0. The van der Waals surface area contributed by atoms with Gasteiger partial charge in [0.05, 0.1) is 37.8 Å². The number of hydrogen-bond acceptors (Lipinski definition) is 17. The normalized spacial score (nSPS) is 15.4. The fourth-order valence-corrected chi connectivity index (χ4v) is 8.02. The topological polar surface area (TPSA) is 503 Å². The molecule has 0 fully saturated rings. The number of carboxylic acids is 1. The number of carbonyl (C=O) groups is 11. The van der Waals surface area contributed by atoms with E-state index in [0.717, 1.165) is 6.92 Å². The third kappa shape index (κ3) is 24.9. The molecule has 0 radical (unpaired) electrons. The van der Waals surface area contributed by atoms with Crippen molar-refractivity contribution in [3.05, 3.63) is 71.8 Å². The van der Waals surface area contributed by atoms with Crippen LogP contribution in [0.2, 0.25) is 0 Å². The second-order valence-electron chi connectivity index (χ2n) is 20.7. The maximum absolute atomic E-state index is 14.4. The summed E-state index contributed by atoms with van der Waals surface area (Å²) in [4.78, 5) is 151. The van der Waals surface area contributed by atoms with Crippen LogP contribution < -0.4 is 70.8 Å². The molecule has 0 aliphatic carbocycles. The first-order valence-corrected chi connectivity index (χ1v) is 27.2. The van der Waals surface area contributed by atoms with Gasteiger partial charge in [0.25, 0.3) is 0 Å². The standard InChI is InChI=1S/C54H84N14O16/c1-8-29(6)40(49(78)66-41(30(7)70)48(77)60-24-38(72)61-35(23-37(55)71)47(76)64-36(25-69)52(81)82)65-45(74)33(20-15-21-59-53(57)58)62-46(75)34(22-27(2)3)63-51(80)43(44(73)28(4)5)67-50(79)42(39(56)32-18-13-10-14-19-32)68-54(83)84-26-31-16-11-9-12-17-31/h9-14,16-19,27-30,33-36,39-44,69-70,73H,8,15,20-26,56H2,1-7H3,(H2,55,71)(H,60,77)(H,61,72)(H,62,75)(H,63,80)(H,64,76)(H,65,74)(H,66,78)(H,67,79)(H,68,83)(H,81,82)(H4,57,58,59)/t29-,30-,33+,34-,35-,36-,39+,40-,41-,42-,43-,44+/m0/s1. The van der Waals surface area contributed by atoms with Gasteiger partial charge in [-0.25, -0.2) is 9.59 Å². The molecule has 2 aromatic rings. The van der Waals surface area contributed by atoms with Gasteiger partial charge in [0, 0.05) is 6.54 Å². The molecule has 466 valence electrons. The molecule has 0 aliphatic heterocycles. The van der Waals surface area contributed by atoms with Crippen molar-refractivity contribution in [3.8, 4) is 0 Å². The SMILES string of the molecule is CC[C@H](C)[C@H](NC(=O)[C@@H](CCCN=C(N)N)NC(=O)[C@H](CC(C)C)NC(=O)[C@@H](NC(=O)[C@@H](NC(=O)OCc1ccccc1)[C@H](N)c1ccccc1)[C@H](O)C(C)C)C(=O)N[C@H](C(=O)NCC(=O)N[C@@H](CC(N)=O)C(=O)N[C@@H](CO)C(=O)O)[C@H](C)O. The van der Waals surface area contributed by atoms with Gasteiger partial charge >= 0.3 is 12.1 Å². The van der Waals surface area contributed by atoms with Crippen LogP contribution in [0.4, 0.5) is 4.79 Å². The summed E-state index contributed by atoms with van der Waals surface area (Å²) in [6.07, 6.45) is -4.97. The second kappa shape index (κ2) is 36.2. The summed E-state index contributed by atoms with van der Waals surface area (Å²) in [5.41, 5.74) is 23.9. The van der Waals surface area contributed by atoms with Crippen LogP contribution in [0, 0.1) is 17.8 Å². The number of nitrogens with two attached hydrogens (primary N) is 4. The van der Waals surface area contributed by atoms with E-state index >= 15 is 0 Å². The van der Waals surface area contributed by atoms with Gasteiger partial charge in [-0.1, -0.05) is 109 Å². The Balaban J connectivity index is 2.43. The first kappa shape index (κ1) is 71.6. The van der Waals surface area contributed by atoms with Crippen LogP contribution in [0.15, 0.2) is 65.7 Å². The van der Waals surface area contributed by atoms with Crippen LogP contribution in [-0.2, 0) is 59.3 Å². The smallest absolute Gasteiger partial charge is 0.408 e. The Morgan fingerprint density at radius 2 is 1.13 bits per heavy atom. The Kier molecular flexibility index (Phi) is 30.8. The summed E-state index contributed by atoms with van der Waals surface area (Å²) in [7, 11) is 0. The number of guanidine groups is 1. The maximum Gasteiger partial charge on any atom is 0.408 e. The molecule has 30 heteroatoms. The van der Waals surface area contributed by atoms with Crippen molar-refractivity contribution in [1.82, 2.24) is 47.9 Å². The van der Waals surface area contributed by atoms with E-state index in [9.17, 15) is 73.2 Å². The number of nitrogens with zero attached hydrogens (tertiary/aromatic N) is 1. The van der Waals surface area contributed by atoms with E-state index in [2.05, 4.69) is 47.5 Å². The van der Waals surface area contributed by atoms with E-state index in [1.807, 2.05) is 5.32 Å². The van der Waals surface area contributed by atoms with E-state index in [-0.39, 0.29) is 50.7 Å². The highest BCUT2D eigenvalue weighted by atomic mass is 16.5. The molecule has 2 rings (SSSR count). The number of nitrogens with one attached hydrogen (secondary N) is 9. The number of benzene rings is 2. The lowest BCUT2D eigenvalue weighted by Crippen LogP contribution is -2.63. The van der Waals surface area contributed by atoms with E-state index in [4.69, 9.17) is 27.7 Å². The first-order valence-electron chi connectivity index (χ1n) is 27.2. The molecule has 0 saturated heterocycles. The van der Waals surface area contributed by atoms with Crippen LogP contribution in [0.25, 0.3) is 0 Å². The van der Waals surface area contributed by atoms with Gasteiger partial charge in [-0.05, 0) is 55.1 Å². The van der Waals surface area contributed by atoms with Crippen LogP contribution in [0.1, 0.15) is 97.7 Å². The third-order valence-corrected chi connectivity index (χ3v) is 13.0. The Morgan fingerprint density at radius 1 is 0.607 bits per heavy atom. The number of aliphatic hydroxyl groups is 3. The summed E-state index contributed by atoms with van der Waals surface area (Å²) < 4.78 is 5.38. The minimum absolute atomic E-state index is 0.0243. The predicted molar refractivity (Wildman–Crippen MR) is 303 cm³/mol. The maximum atomic E-state index is 14.4. The molecule has 12 atom stereocenters. The molecule has 0 spiro atoms. The highest BCUT2D eigenvalue weighted by Crippen LogP contribution is 2.18. The molecule has 0 aliphatic rings. The summed E-state index contributed by atoms with van der Waals surface area (Å²) in [6.45, 7) is 8.87. The van der Waals surface area contributed by atoms with Crippen LogP contribution in [0.3, 0.4) is 0 Å². The Morgan fingerprint density at radius 3 is 1.67 bits per heavy atom. The number of carboxylic acid groups (broad SMARTS) is 1. The van der Waals surface area contributed by atoms with E-state index in [0.29, 0.717) is 11.1 Å². The molecule has 0 aromatic heterocycles. The van der Waals surface area contributed by atoms with Gasteiger partial charge in [-0.15, -0.1) is 0 Å². The number of alkyl carbamates (subject to hydrolysis) is 1. The zero-order valence-corrected chi connectivity index (χ0v) is 48.2. The number of primary amides is 1. The van der Waals surface area contributed by atoms with E-state index < -0.39 is 163 Å². The lowest BCUT2D eigenvalue weighted by Gasteiger charge is -2.32. The summed E-state index contributed by atoms with van der Waals surface area (Å²) in [5, 5.41) is 62.0. The third-order valence-electron chi connectivity index (χ3n) is 13.0.